The van der Waals surface area contributed by atoms with Gasteiger partial charge in [0.25, 0.3) is 0 Å². The maximum Gasteiger partial charge on any atom is 0.0789 e. The van der Waals surface area contributed by atoms with E-state index < -0.39 is 0 Å². The molecule has 3 fully saturated rings. The molecule has 0 radical (unpaired) electrons. The van der Waals surface area contributed by atoms with Gasteiger partial charge in [-0.05, 0) is 31.8 Å². The zero-order chi connectivity index (χ0) is 8.67. The first kappa shape index (κ1) is 7.88. The molecular weight excluding hydrogens is 182 g/mol. The summed E-state index contributed by atoms with van der Waals surface area (Å²) < 4.78 is 8.46. The van der Waals surface area contributed by atoms with Gasteiger partial charge in [-0.2, -0.15) is 8.75 Å². The van der Waals surface area contributed by atoms with E-state index in [1.807, 2.05) is 6.20 Å². The standard InChI is InChI=1S/C9H13N3S/c1-3-12-4-2-7(1)8(6-12)9-5-10-13-11-9/h5,7-8H,1-4,6H2. The molecule has 0 amide bonds. The second kappa shape index (κ2) is 3.03. The summed E-state index contributed by atoms with van der Waals surface area (Å²) in [5.41, 5.74) is 1.24. The summed E-state index contributed by atoms with van der Waals surface area (Å²) in [6.07, 6.45) is 4.68. The highest BCUT2D eigenvalue weighted by Gasteiger charge is 2.35. The molecule has 70 valence electrons. The lowest BCUT2D eigenvalue weighted by Crippen LogP contribution is -2.46. The van der Waals surface area contributed by atoms with Crippen molar-refractivity contribution >= 4 is 11.7 Å². The van der Waals surface area contributed by atoms with Gasteiger partial charge in [0, 0.05) is 12.5 Å². The van der Waals surface area contributed by atoms with Crippen molar-refractivity contribution in [1.82, 2.24) is 13.6 Å². The maximum absolute atomic E-state index is 4.36. The van der Waals surface area contributed by atoms with E-state index in [0.717, 1.165) is 5.92 Å². The molecule has 2 bridgehead atoms. The third-order valence-electron chi connectivity index (χ3n) is 3.41. The fraction of sp³-hybridized carbons (Fsp3) is 0.778. The van der Waals surface area contributed by atoms with Crippen LogP contribution >= 0.6 is 11.7 Å². The minimum atomic E-state index is 0.682. The van der Waals surface area contributed by atoms with Crippen LogP contribution in [0.25, 0.3) is 0 Å². The molecule has 4 heterocycles. The first-order valence-electron chi connectivity index (χ1n) is 4.93. The van der Waals surface area contributed by atoms with Gasteiger partial charge in [0.15, 0.2) is 0 Å². The van der Waals surface area contributed by atoms with E-state index in [1.54, 1.807) is 0 Å². The largest absolute Gasteiger partial charge is 0.303 e. The molecule has 1 atom stereocenters. The lowest BCUT2D eigenvalue weighted by Gasteiger charge is -2.44. The minimum Gasteiger partial charge on any atom is -0.303 e. The first-order chi connectivity index (χ1) is 6.43. The van der Waals surface area contributed by atoms with Crippen LogP contribution in [-0.4, -0.2) is 33.3 Å². The van der Waals surface area contributed by atoms with Crippen molar-refractivity contribution in [2.75, 3.05) is 19.6 Å². The number of piperidine rings is 3. The van der Waals surface area contributed by atoms with Crippen LogP contribution in [0, 0.1) is 5.92 Å². The molecule has 0 aromatic carbocycles. The monoisotopic (exact) mass is 195 g/mol. The molecule has 1 aromatic heterocycles. The summed E-state index contributed by atoms with van der Waals surface area (Å²) in [6.45, 7) is 3.83. The average Bonchev–Trinajstić information content (AvgIpc) is 2.72. The van der Waals surface area contributed by atoms with Gasteiger partial charge in [0.1, 0.15) is 0 Å². The van der Waals surface area contributed by atoms with Crippen LogP contribution in [0.5, 0.6) is 0 Å². The third kappa shape index (κ3) is 1.28. The number of nitrogens with zero attached hydrogens (tertiary/aromatic N) is 3. The highest BCUT2D eigenvalue weighted by atomic mass is 32.1. The van der Waals surface area contributed by atoms with Crippen molar-refractivity contribution in [1.29, 1.82) is 0 Å². The third-order valence-corrected chi connectivity index (χ3v) is 3.91. The van der Waals surface area contributed by atoms with E-state index in [1.165, 1.54) is 49.9 Å². The molecule has 3 aliphatic rings. The van der Waals surface area contributed by atoms with Crippen molar-refractivity contribution in [3.63, 3.8) is 0 Å². The highest BCUT2D eigenvalue weighted by molar-refractivity contribution is 6.99. The van der Waals surface area contributed by atoms with Crippen LogP contribution in [0.15, 0.2) is 6.20 Å². The van der Waals surface area contributed by atoms with Gasteiger partial charge in [-0.25, -0.2) is 0 Å². The van der Waals surface area contributed by atoms with E-state index in [9.17, 15) is 0 Å². The van der Waals surface area contributed by atoms with Gasteiger partial charge in [-0.15, -0.1) is 0 Å². The first-order valence-corrected chi connectivity index (χ1v) is 5.66. The second-order valence-corrected chi connectivity index (χ2v) is 4.63. The quantitative estimate of drug-likeness (QED) is 0.677. The van der Waals surface area contributed by atoms with E-state index in [-0.39, 0.29) is 0 Å². The summed E-state index contributed by atoms with van der Waals surface area (Å²) in [5, 5.41) is 0. The topological polar surface area (TPSA) is 29.0 Å². The fourth-order valence-corrected chi connectivity index (χ4v) is 3.11. The summed E-state index contributed by atoms with van der Waals surface area (Å²) in [6, 6.07) is 0. The van der Waals surface area contributed by atoms with E-state index in [2.05, 4.69) is 13.6 Å². The predicted octanol–water partition coefficient (Wildman–Crippen LogP) is 1.35. The molecule has 4 rings (SSSR count). The second-order valence-electron chi connectivity index (χ2n) is 4.08. The molecule has 0 spiro atoms. The number of fused-ring (bicyclic) bond motifs is 3. The molecule has 3 nitrogen and oxygen atoms in total. The molecule has 1 aromatic rings. The Labute approximate surface area is 82.1 Å². The molecule has 3 aliphatic heterocycles. The summed E-state index contributed by atoms with van der Waals surface area (Å²) in [5.74, 6) is 1.56. The molecule has 0 aliphatic carbocycles. The number of hydrogen-bond acceptors (Lipinski definition) is 4. The molecule has 4 heteroatoms. The Bertz CT molecular complexity index is 277. The Morgan fingerprint density at radius 2 is 2.23 bits per heavy atom. The number of aromatic nitrogens is 2. The van der Waals surface area contributed by atoms with Gasteiger partial charge in [-0.3, -0.25) is 0 Å². The van der Waals surface area contributed by atoms with Crippen molar-refractivity contribution in [3.05, 3.63) is 11.9 Å². The molecular formula is C9H13N3S. The fourth-order valence-electron chi connectivity index (χ4n) is 2.64. The molecule has 0 saturated carbocycles. The van der Waals surface area contributed by atoms with Crippen LogP contribution in [-0.2, 0) is 0 Å². The molecule has 0 N–H and O–H groups in total. The Hall–Kier alpha value is -0.480. The molecule has 13 heavy (non-hydrogen) atoms. The van der Waals surface area contributed by atoms with E-state index in [0.29, 0.717) is 5.92 Å². The highest BCUT2D eigenvalue weighted by Crippen LogP contribution is 2.37. The van der Waals surface area contributed by atoms with Crippen LogP contribution in [0.2, 0.25) is 0 Å². The average molecular weight is 195 g/mol. The Morgan fingerprint density at radius 1 is 1.38 bits per heavy atom. The summed E-state index contributed by atoms with van der Waals surface area (Å²) in [7, 11) is 0. The predicted molar refractivity (Wildman–Crippen MR) is 51.8 cm³/mol. The van der Waals surface area contributed by atoms with E-state index >= 15 is 0 Å². The van der Waals surface area contributed by atoms with Crippen molar-refractivity contribution < 1.29 is 0 Å². The summed E-state index contributed by atoms with van der Waals surface area (Å²) in [4.78, 5) is 2.56. The minimum absolute atomic E-state index is 0.682. The van der Waals surface area contributed by atoms with Crippen LogP contribution in [0.1, 0.15) is 24.5 Å². The lowest BCUT2D eigenvalue weighted by molar-refractivity contribution is 0.0857. The Morgan fingerprint density at radius 3 is 2.77 bits per heavy atom. The van der Waals surface area contributed by atoms with Crippen LogP contribution < -0.4 is 0 Å². The lowest BCUT2D eigenvalue weighted by atomic mass is 9.78. The van der Waals surface area contributed by atoms with E-state index in [4.69, 9.17) is 0 Å². The maximum atomic E-state index is 4.36. The SMILES string of the molecule is c1nsnc1C1CN2CCC1CC2. The van der Waals surface area contributed by atoms with Crippen molar-refractivity contribution in [2.24, 2.45) is 5.92 Å². The number of hydrogen-bond donors (Lipinski definition) is 0. The Kier molecular flexibility index (Phi) is 1.84. The Balaban J connectivity index is 1.85. The molecule has 1 unspecified atom stereocenters. The molecule has 3 saturated heterocycles. The zero-order valence-corrected chi connectivity index (χ0v) is 8.33. The smallest absolute Gasteiger partial charge is 0.0789 e. The van der Waals surface area contributed by atoms with Gasteiger partial charge in [-0.1, -0.05) is 0 Å². The van der Waals surface area contributed by atoms with Gasteiger partial charge < -0.3 is 4.90 Å². The number of rotatable bonds is 1. The van der Waals surface area contributed by atoms with Crippen LogP contribution in [0.4, 0.5) is 0 Å². The van der Waals surface area contributed by atoms with Gasteiger partial charge >= 0.3 is 0 Å². The van der Waals surface area contributed by atoms with Crippen molar-refractivity contribution in [2.45, 2.75) is 18.8 Å². The van der Waals surface area contributed by atoms with Crippen molar-refractivity contribution in [3.8, 4) is 0 Å². The zero-order valence-electron chi connectivity index (χ0n) is 7.52. The summed E-state index contributed by atoms with van der Waals surface area (Å²) >= 11 is 1.34. The van der Waals surface area contributed by atoms with Gasteiger partial charge in [0.2, 0.25) is 0 Å². The normalized spacial score (nSPS) is 38.0. The van der Waals surface area contributed by atoms with Gasteiger partial charge in [0.05, 0.1) is 23.6 Å². The van der Waals surface area contributed by atoms with Crippen LogP contribution in [0.3, 0.4) is 0 Å².